The Balaban J connectivity index is 2.26. The van der Waals surface area contributed by atoms with Crippen LogP contribution in [-0.4, -0.2) is 27.1 Å². The summed E-state index contributed by atoms with van der Waals surface area (Å²) >= 11 is 0. The highest BCUT2D eigenvalue weighted by molar-refractivity contribution is 7.90. The van der Waals surface area contributed by atoms with Crippen molar-refractivity contribution >= 4 is 21.0 Å². The zero-order chi connectivity index (χ0) is 19.2. The number of aromatic nitrogens is 4. The summed E-state index contributed by atoms with van der Waals surface area (Å²) in [6, 6.07) is 8.31. The molecule has 0 aliphatic carbocycles. The van der Waals surface area contributed by atoms with Crippen molar-refractivity contribution in [2.24, 2.45) is 21.1 Å². The number of fused-ring (bicyclic) bond motifs is 1. The van der Waals surface area contributed by atoms with Gasteiger partial charge in [0.15, 0.2) is 11.2 Å². The molecule has 0 fully saturated rings. The first-order chi connectivity index (χ1) is 12.2. The van der Waals surface area contributed by atoms with Crippen LogP contribution in [0.3, 0.4) is 0 Å². The summed E-state index contributed by atoms with van der Waals surface area (Å²) < 4.78 is 28.9. The molecular formula is C16H15N5O4S. The number of imidazole rings is 1. The van der Waals surface area contributed by atoms with E-state index in [2.05, 4.69) is 4.98 Å². The van der Waals surface area contributed by atoms with Crippen molar-refractivity contribution in [2.45, 2.75) is 10.9 Å². The van der Waals surface area contributed by atoms with Gasteiger partial charge >= 0.3 is 5.69 Å². The van der Waals surface area contributed by atoms with Crippen molar-refractivity contribution in [1.82, 2.24) is 18.7 Å². The molecule has 0 unspecified atom stereocenters. The molecule has 0 N–H and O–H groups in total. The first-order valence-electron chi connectivity index (χ1n) is 7.52. The van der Waals surface area contributed by atoms with Gasteiger partial charge in [-0.1, -0.05) is 18.2 Å². The number of nitriles is 1. The lowest BCUT2D eigenvalue weighted by atomic mass is 10.1. The van der Waals surface area contributed by atoms with Crippen LogP contribution in [0.15, 0.2) is 39.0 Å². The molecule has 2 aromatic heterocycles. The van der Waals surface area contributed by atoms with E-state index in [-0.39, 0.29) is 21.9 Å². The Morgan fingerprint density at radius 3 is 2.38 bits per heavy atom. The van der Waals surface area contributed by atoms with Gasteiger partial charge in [0.25, 0.3) is 5.56 Å². The quantitative estimate of drug-likeness (QED) is 0.628. The average Bonchev–Trinajstić information content (AvgIpc) is 2.96. The molecule has 3 aromatic rings. The monoisotopic (exact) mass is 373 g/mol. The number of hydrogen-bond acceptors (Lipinski definition) is 6. The predicted octanol–water partition coefficient (Wildman–Crippen LogP) is -0.184. The van der Waals surface area contributed by atoms with Gasteiger partial charge in [-0.05, 0) is 11.6 Å². The van der Waals surface area contributed by atoms with Crippen LogP contribution in [0, 0.1) is 11.3 Å². The molecule has 10 heteroatoms. The minimum absolute atomic E-state index is 0.00672. The van der Waals surface area contributed by atoms with Crippen molar-refractivity contribution in [3.8, 4) is 6.07 Å². The maximum Gasteiger partial charge on any atom is 0.332 e. The van der Waals surface area contributed by atoms with Crippen molar-refractivity contribution < 1.29 is 8.42 Å². The van der Waals surface area contributed by atoms with Crippen LogP contribution in [0.25, 0.3) is 11.2 Å². The number of hydrogen-bond donors (Lipinski definition) is 0. The lowest BCUT2D eigenvalue weighted by Crippen LogP contribution is -2.37. The number of sulfone groups is 1. The van der Waals surface area contributed by atoms with Crippen LogP contribution < -0.4 is 11.2 Å². The number of nitrogens with zero attached hydrogens (tertiary/aromatic N) is 5. The molecule has 0 spiro atoms. The molecule has 0 atom stereocenters. The van der Waals surface area contributed by atoms with Crippen LogP contribution in [0.5, 0.6) is 0 Å². The SMILES string of the molecule is Cn1c(=O)c2c(nc(S(=O)(=O)Cc3ccccc3C#N)n2C)n(C)c1=O. The first-order valence-corrected chi connectivity index (χ1v) is 9.17. The molecule has 26 heavy (non-hydrogen) atoms. The van der Waals surface area contributed by atoms with Gasteiger partial charge in [0, 0.05) is 21.1 Å². The molecule has 0 bridgehead atoms. The van der Waals surface area contributed by atoms with E-state index in [1.165, 1.54) is 31.8 Å². The highest BCUT2D eigenvalue weighted by Gasteiger charge is 2.26. The molecule has 2 heterocycles. The molecule has 1 aromatic carbocycles. The van der Waals surface area contributed by atoms with E-state index < -0.39 is 26.8 Å². The molecule has 3 rings (SSSR count). The molecule has 0 aliphatic heterocycles. The summed E-state index contributed by atoms with van der Waals surface area (Å²) in [5.74, 6) is -0.442. The topological polar surface area (TPSA) is 120 Å². The van der Waals surface area contributed by atoms with Crippen LogP contribution in [0.4, 0.5) is 0 Å². The largest absolute Gasteiger partial charge is 0.332 e. The molecule has 0 saturated carbocycles. The molecule has 9 nitrogen and oxygen atoms in total. The highest BCUT2D eigenvalue weighted by atomic mass is 32.2. The van der Waals surface area contributed by atoms with Crippen molar-refractivity contribution in [1.29, 1.82) is 5.26 Å². The van der Waals surface area contributed by atoms with E-state index in [4.69, 9.17) is 5.26 Å². The zero-order valence-electron chi connectivity index (χ0n) is 14.3. The third-order valence-electron chi connectivity index (χ3n) is 4.20. The van der Waals surface area contributed by atoms with Gasteiger partial charge in [-0.25, -0.2) is 13.2 Å². The maximum absolute atomic E-state index is 12.9. The minimum atomic E-state index is -3.96. The Morgan fingerprint density at radius 2 is 1.73 bits per heavy atom. The Bertz CT molecular complexity index is 1310. The molecule has 0 amide bonds. The average molecular weight is 373 g/mol. The Kier molecular flexibility index (Phi) is 4.04. The third kappa shape index (κ3) is 2.53. The summed E-state index contributed by atoms with van der Waals surface area (Å²) in [7, 11) is 0.176. The van der Waals surface area contributed by atoms with Crippen molar-refractivity contribution in [2.75, 3.05) is 0 Å². The summed E-state index contributed by atoms with van der Waals surface area (Å²) in [6.45, 7) is 0. The second-order valence-electron chi connectivity index (χ2n) is 5.86. The fourth-order valence-corrected chi connectivity index (χ4v) is 4.33. The summed E-state index contributed by atoms with van der Waals surface area (Å²) in [5.41, 5.74) is -0.632. The van der Waals surface area contributed by atoms with Crippen LogP contribution >= 0.6 is 0 Å². The lowest BCUT2D eigenvalue weighted by molar-refractivity contribution is 0.579. The van der Waals surface area contributed by atoms with Gasteiger partial charge in [-0.2, -0.15) is 10.2 Å². The second-order valence-corrected chi connectivity index (χ2v) is 7.74. The van der Waals surface area contributed by atoms with E-state index in [1.807, 2.05) is 6.07 Å². The highest BCUT2D eigenvalue weighted by Crippen LogP contribution is 2.20. The van der Waals surface area contributed by atoms with Crippen LogP contribution in [0.2, 0.25) is 0 Å². The van der Waals surface area contributed by atoms with Crippen LogP contribution in [0.1, 0.15) is 11.1 Å². The summed E-state index contributed by atoms with van der Waals surface area (Å²) in [5, 5.41) is 8.81. The van der Waals surface area contributed by atoms with Crippen LogP contribution in [-0.2, 0) is 36.7 Å². The van der Waals surface area contributed by atoms with Gasteiger partial charge in [0.05, 0.1) is 17.4 Å². The number of aryl methyl sites for hydroxylation is 2. The lowest BCUT2D eigenvalue weighted by Gasteiger charge is -2.06. The Labute approximate surface area is 148 Å². The zero-order valence-corrected chi connectivity index (χ0v) is 15.1. The van der Waals surface area contributed by atoms with E-state index in [9.17, 15) is 18.0 Å². The second kappa shape index (κ2) is 5.96. The van der Waals surface area contributed by atoms with Crippen molar-refractivity contribution in [3.63, 3.8) is 0 Å². The van der Waals surface area contributed by atoms with Gasteiger partial charge in [0.2, 0.25) is 15.0 Å². The van der Waals surface area contributed by atoms with E-state index in [1.54, 1.807) is 18.2 Å². The first kappa shape index (κ1) is 17.6. The van der Waals surface area contributed by atoms with Gasteiger partial charge < -0.3 is 4.57 Å². The predicted molar refractivity (Wildman–Crippen MR) is 93.2 cm³/mol. The smallest absolute Gasteiger partial charge is 0.312 e. The molecule has 134 valence electrons. The third-order valence-corrected chi connectivity index (χ3v) is 5.81. The molecular weight excluding hydrogens is 358 g/mol. The molecule has 0 aliphatic rings. The Hall–Kier alpha value is -3.19. The van der Waals surface area contributed by atoms with Gasteiger partial charge in [0.1, 0.15) is 0 Å². The molecule has 0 saturated heterocycles. The standard InChI is InChI=1S/C16H15N5O4S/c1-19-12-13(20(2)16(23)21(3)14(12)22)18-15(19)26(24,25)9-11-7-5-4-6-10(11)8-17/h4-7H,9H2,1-3H3. The van der Waals surface area contributed by atoms with Gasteiger partial charge in [-0.15, -0.1) is 0 Å². The van der Waals surface area contributed by atoms with Crippen molar-refractivity contribution in [3.05, 3.63) is 56.2 Å². The number of rotatable bonds is 3. The Morgan fingerprint density at radius 1 is 1.08 bits per heavy atom. The van der Waals surface area contributed by atoms with E-state index in [0.717, 1.165) is 9.13 Å². The summed E-state index contributed by atoms with van der Waals surface area (Å²) in [6.07, 6.45) is 0. The van der Waals surface area contributed by atoms with E-state index in [0.29, 0.717) is 5.56 Å². The number of benzene rings is 1. The molecule has 0 radical (unpaired) electrons. The minimum Gasteiger partial charge on any atom is -0.312 e. The fourth-order valence-electron chi connectivity index (χ4n) is 2.80. The maximum atomic E-state index is 12.9. The fraction of sp³-hybridized carbons (Fsp3) is 0.250. The summed E-state index contributed by atoms with van der Waals surface area (Å²) in [4.78, 5) is 28.5. The van der Waals surface area contributed by atoms with Gasteiger partial charge in [-0.3, -0.25) is 13.9 Å². The normalized spacial score (nSPS) is 11.6. The van der Waals surface area contributed by atoms with E-state index >= 15 is 0 Å².